The zero-order chi connectivity index (χ0) is 19.0. The third-order valence-corrected chi connectivity index (χ3v) is 5.85. The van der Waals surface area contributed by atoms with Gasteiger partial charge in [-0.05, 0) is 48.3 Å². The molecule has 144 valence electrons. The summed E-state index contributed by atoms with van der Waals surface area (Å²) in [4.78, 5) is -0.0713. The van der Waals surface area contributed by atoms with E-state index in [1.807, 2.05) is 6.07 Å². The number of hydrogen-bond donors (Lipinski definition) is 0. The number of rotatable bonds is 11. The normalized spacial score (nSPS) is 11.5. The van der Waals surface area contributed by atoms with E-state index in [1.165, 1.54) is 43.7 Å². The van der Waals surface area contributed by atoms with E-state index >= 15 is 0 Å². The molecule has 3 nitrogen and oxygen atoms in total. The molecule has 0 aliphatic rings. The number of hydrogen-bond acceptors (Lipinski definition) is 3. The molecule has 0 spiro atoms. The molecule has 2 rings (SSSR count). The van der Waals surface area contributed by atoms with Gasteiger partial charge in [0.05, 0.1) is 4.90 Å². The fraction of sp³-hybridized carbons (Fsp3) is 0.545. The van der Waals surface area contributed by atoms with E-state index in [9.17, 15) is 13.0 Å². The first-order valence-electron chi connectivity index (χ1n) is 9.97. The molecule has 0 aromatic heterocycles. The van der Waals surface area contributed by atoms with Crippen LogP contribution in [-0.4, -0.2) is 13.0 Å². The summed E-state index contributed by atoms with van der Waals surface area (Å²) in [5.74, 6) is 0. The van der Waals surface area contributed by atoms with Crippen molar-refractivity contribution in [1.29, 1.82) is 0 Å². The van der Waals surface area contributed by atoms with Crippen LogP contribution in [0.3, 0.4) is 0 Å². The molecule has 0 saturated carbocycles. The Hall–Kier alpha value is -0.390. The molecule has 5 heteroatoms. The third kappa shape index (κ3) is 7.51. The largest absolute Gasteiger partial charge is 1.00 e. The second kappa shape index (κ2) is 12.2. The average Bonchev–Trinajstić information content (AvgIpc) is 2.61. The van der Waals surface area contributed by atoms with Crippen molar-refractivity contribution in [2.75, 3.05) is 0 Å². The predicted molar refractivity (Wildman–Crippen MR) is 108 cm³/mol. The maximum atomic E-state index is 11.7. The van der Waals surface area contributed by atoms with Gasteiger partial charge in [0.1, 0.15) is 10.1 Å². The van der Waals surface area contributed by atoms with Crippen molar-refractivity contribution in [3.8, 4) is 0 Å². The van der Waals surface area contributed by atoms with Gasteiger partial charge in [-0.1, -0.05) is 76.6 Å². The van der Waals surface area contributed by atoms with E-state index in [0.29, 0.717) is 5.39 Å². The van der Waals surface area contributed by atoms with Gasteiger partial charge in [0.15, 0.2) is 0 Å². The smallest absolute Gasteiger partial charge is 0.744 e. The molecule has 0 N–H and O–H groups in total. The van der Waals surface area contributed by atoms with Gasteiger partial charge in [0.2, 0.25) is 0 Å². The molecule has 27 heavy (non-hydrogen) atoms. The van der Waals surface area contributed by atoms with Crippen molar-refractivity contribution in [1.82, 2.24) is 0 Å². The molecule has 0 aliphatic carbocycles. The van der Waals surface area contributed by atoms with Crippen LogP contribution in [0.4, 0.5) is 0 Å². The summed E-state index contributed by atoms with van der Waals surface area (Å²) in [7, 11) is -4.47. The Morgan fingerprint density at radius 1 is 0.852 bits per heavy atom. The van der Waals surface area contributed by atoms with Gasteiger partial charge in [-0.2, -0.15) is 0 Å². The number of aryl methyl sites for hydroxylation is 2. The summed E-state index contributed by atoms with van der Waals surface area (Å²) in [5.41, 5.74) is 2.26. The van der Waals surface area contributed by atoms with Gasteiger partial charge in [-0.3, -0.25) is 0 Å². The number of benzene rings is 2. The van der Waals surface area contributed by atoms with E-state index < -0.39 is 10.1 Å². The van der Waals surface area contributed by atoms with E-state index in [-0.39, 0.29) is 34.5 Å². The summed E-state index contributed by atoms with van der Waals surface area (Å²) in [6, 6.07) is 9.24. The number of fused-ring (bicyclic) bond motifs is 1. The van der Waals surface area contributed by atoms with Gasteiger partial charge in [0, 0.05) is 5.39 Å². The molecule has 2 aromatic rings. The second-order valence-corrected chi connectivity index (χ2v) is 8.53. The molecular formula is C22H31NaO3S. The standard InChI is InChI=1S/C22H32O3S.Na/c1-3-5-7-9-12-18-16-19(13-10-8-6-4-2)22-20(17-18)14-11-15-21(22)26(23,24)25;/h11,14-17H,3-10,12-13H2,1-2H3,(H,23,24,25);/q;+1/p-1. The molecule has 0 atom stereocenters. The van der Waals surface area contributed by atoms with Crippen LogP contribution in [0, 0.1) is 0 Å². The first-order chi connectivity index (χ1) is 12.5. The van der Waals surface area contributed by atoms with Crippen molar-refractivity contribution in [3.63, 3.8) is 0 Å². The quantitative estimate of drug-likeness (QED) is 0.332. The Bertz CT molecular complexity index is 816. The maximum Gasteiger partial charge on any atom is 1.00 e. The fourth-order valence-corrected chi connectivity index (χ4v) is 4.34. The topological polar surface area (TPSA) is 57.2 Å². The van der Waals surface area contributed by atoms with Gasteiger partial charge in [0.25, 0.3) is 0 Å². The van der Waals surface area contributed by atoms with Crippen molar-refractivity contribution in [2.45, 2.75) is 83.0 Å². The van der Waals surface area contributed by atoms with Crippen molar-refractivity contribution in [2.24, 2.45) is 0 Å². The molecule has 0 amide bonds. The molecule has 2 aromatic carbocycles. The van der Waals surface area contributed by atoms with E-state index in [2.05, 4.69) is 26.0 Å². The van der Waals surface area contributed by atoms with E-state index in [0.717, 1.165) is 43.1 Å². The summed E-state index contributed by atoms with van der Waals surface area (Å²) in [6.07, 6.45) is 11.2. The minimum atomic E-state index is -4.47. The Morgan fingerprint density at radius 3 is 2.07 bits per heavy atom. The van der Waals surface area contributed by atoms with E-state index in [1.54, 1.807) is 6.07 Å². The van der Waals surface area contributed by atoms with Crippen LogP contribution in [0.25, 0.3) is 10.8 Å². The SMILES string of the molecule is CCCCCCc1cc(CCCCCC)c2c(S(=O)(=O)[O-])cccc2c1.[Na+]. The molecular weight excluding hydrogens is 367 g/mol. The second-order valence-electron chi connectivity index (χ2n) is 7.18. The molecule has 0 radical (unpaired) electrons. The summed E-state index contributed by atoms with van der Waals surface area (Å²) >= 11 is 0. The van der Waals surface area contributed by atoms with Crippen LogP contribution >= 0.6 is 0 Å². The van der Waals surface area contributed by atoms with Gasteiger partial charge < -0.3 is 4.55 Å². The van der Waals surface area contributed by atoms with Crippen LogP contribution in [0.2, 0.25) is 0 Å². The van der Waals surface area contributed by atoms with Crippen LogP contribution in [0.5, 0.6) is 0 Å². The minimum absolute atomic E-state index is 0. The average molecular weight is 399 g/mol. The minimum Gasteiger partial charge on any atom is -0.744 e. The molecule has 0 fully saturated rings. The van der Waals surface area contributed by atoms with Gasteiger partial charge >= 0.3 is 29.6 Å². The third-order valence-electron chi connectivity index (χ3n) is 4.97. The summed E-state index contributed by atoms with van der Waals surface area (Å²) < 4.78 is 35.2. The molecule has 0 bridgehead atoms. The zero-order valence-electron chi connectivity index (χ0n) is 17.1. The first-order valence-corrected chi connectivity index (χ1v) is 11.4. The Morgan fingerprint density at radius 2 is 1.48 bits per heavy atom. The molecule has 0 heterocycles. The number of unbranched alkanes of at least 4 members (excludes halogenated alkanes) is 6. The van der Waals surface area contributed by atoms with Crippen molar-refractivity contribution >= 4 is 20.9 Å². The van der Waals surface area contributed by atoms with Crippen LogP contribution in [0.1, 0.15) is 76.3 Å². The van der Waals surface area contributed by atoms with Gasteiger partial charge in [-0.25, -0.2) is 8.42 Å². The Kier molecular flexibility index (Phi) is 11.2. The monoisotopic (exact) mass is 398 g/mol. The van der Waals surface area contributed by atoms with E-state index in [4.69, 9.17) is 0 Å². The molecule has 0 unspecified atom stereocenters. The molecule has 0 saturated heterocycles. The molecule has 0 aliphatic heterocycles. The predicted octanol–water partition coefficient (Wildman–Crippen LogP) is 2.99. The maximum absolute atomic E-state index is 11.7. The van der Waals surface area contributed by atoms with Crippen LogP contribution in [0.15, 0.2) is 35.2 Å². The van der Waals surface area contributed by atoms with Crippen molar-refractivity contribution < 1.29 is 42.5 Å². The summed E-state index contributed by atoms with van der Waals surface area (Å²) in [6.45, 7) is 4.38. The zero-order valence-corrected chi connectivity index (χ0v) is 19.9. The van der Waals surface area contributed by atoms with Crippen LogP contribution < -0.4 is 29.6 Å². The Balaban J connectivity index is 0.00000364. The Labute approximate surface area is 187 Å². The first kappa shape index (κ1) is 24.6. The van der Waals surface area contributed by atoms with Gasteiger partial charge in [-0.15, -0.1) is 0 Å². The summed E-state index contributed by atoms with van der Waals surface area (Å²) in [5, 5.41) is 1.51. The van der Waals surface area contributed by atoms with Crippen molar-refractivity contribution in [3.05, 3.63) is 41.5 Å². The fourth-order valence-electron chi connectivity index (χ4n) is 3.60. The van der Waals surface area contributed by atoms with Crippen LogP contribution in [-0.2, 0) is 23.0 Å².